The van der Waals surface area contributed by atoms with Gasteiger partial charge in [0.2, 0.25) is 10.0 Å². The fourth-order valence-electron chi connectivity index (χ4n) is 2.72. The third-order valence-electron chi connectivity index (χ3n) is 4.15. The standard InChI is InChI=1S/C15H24Cl2N4O2S.2ClH/c1-19-8-10-21(11-9-19)24(22,23)13-2-3-15(14(18)12-13)20(6-4-16)7-5-17;;/h2-3,12H,4-11,18H2,1H3;2*1H. The topological polar surface area (TPSA) is 69.9 Å². The van der Waals surface area contributed by atoms with Crippen molar-refractivity contribution in [2.75, 3.05) is 68.7 Å². The van der Waals surface area contributed by atoms with E-state index >= 15 is 0 Å². The van der Waals surface area contributed by atoms with E-state index in [9.17, 15) is 8.42 Å². The number of hydrogen-bond acceptors (Lipinski definition) is 5. The minimum absolute atomic E-state index is 0. The summed E-state index contributed by atoms with van der Waals surface area (Å²) in [6, 6.07) is 4.87. The van der Waals surface area contributed by atoms with Crippen LogP contribution in [0.3, 0.4) is 0 Å². The van der Waals surface area contributed by atoms with Gasteiger partial charge in [-0.15, -0.1) is 48.0 Å². The van der Waals surface area contributed by atoms with Crippen LogP contribution in [0.15, 0.2) is 23.1 Å². The Morgan fingerprint density at radius 2 is 1.62 bits per heavy atom. The van der Waals surface area contributed by atoms with Gasteiger partial charge in [0.1, 0.15) is 0 Å². The second kappa shape index (κ2) is 11.6. The molecule has 1 saturated heterocycles. The first kappa shape index (κ1) is 25.9. The van der Waals surface area contributed by atoms with E-state index in [1.807, 2.05) is 11.9 Å². The van der Waals surface area contributed by atoms with Crippen molar-refractivity contribution in [3.05, 3.63) is 18.2 Å². The van der Waals surface area contributed by atoms with Crippen molar-refractivity contribution in [1.82, 2.24) is 9.21 Å². The van der Waals surface area contributed by atoms with Crippen LogP contribution in [0.4, 0.5) is 11.4 Å². The minimum atomic E-state index is -3.52. The summed E-state index contributed by atoms with van der Waals surface area (Å²) in [5, 5.41) is 0. The van der Waals surface area contributed by atoms with Crippen LogP contribution in [-0.2, 0) is 10.0 Å². The van der Waals surface area contributed by atoms with E-state index in [2.05, 4.69) is 4.90 Å². The Hall–Kier alpha value is -0.150. The van der Waals surface area contributed by atoms with Crippen LogP contribution < -0.4 is 10.6 Å². The van der Waals surface area contributed by atoms with Crippen LogP contribution in [0.25, 0.3) is 0 Å². The molecule has 0 saturated carbocycles. The highest BCUT2D eigenvalue weighted by Crippen LogP contribution is 2.28. The van der Waals surface area contributed by atoms with Crippen LogP contribution in [0, 0.1) is 0 Å². The monoisotopic (exact) mass is 466 g/mol. The lowest BCUT2D eigenvalue weighted by Crippen LogP contribution is -2.47. The molecule has 0 spiro atoms. The van der Waals surface area contributed by atoms with Gasteiger partial charge in [0.05, 0.1) is 16.3 Å². The summed E-state index contributed by atoms with van der Waals surface area (Å²) in [5.74, 6) is 0.884. The fraction of sp³-hybridized carbons (Fsp3) is 0.600. The molecule has 2 rings (SSSR count). The maximum absolute atomic E-state index is 12.8. The summed E-state index contributed by atoms with van der Waals surface area (Å²) in [5.41, 5.74) is 7.29. The average Bonchev–Trinajstić information content (AvgIpc) is 2.55. The molecular formula is C15H26Cl4N4O2S. The predicted molar refractivity (Wildman–Crippen MR) is 115 cm³/mol. The lowest BCUT2D eigenvalue weighted by atomic mass is 10.2. The first-order valence-electron chi connectivity index (χ1n) is 7.85. The quantitative estimate of drug-likeness (QED) is 0.492. The number of hydrogen-bond donors (Lipinski definition) is 1. The number of anilines is 2. The van der Waals surface area contributed by atoms with Crippen molar-refractivity contribution in [2.45, 2.75) is 4.90 Å². The molecule has 0 aromatic heterocycles. The molecule has 6 nitrogen and oxygen atoms in total. The summed E-state index contributed by atoms with van der Waals surface area (Å²) in [4.78, 5) is 4.30. The molecule has 1 heterocycles. The Labute approximate surface area is 178 Å². The van der Waals surface area contributed by atoms with Crippen molar-refractivity contribution < 1.29 is 8.42 Å². The fourth-order valence-corrected chi connectivity index (χ4v) is 4.58. The van der Waals surface area contributed by atoms with Gasteiger partial charge in [-0.25, -0.2) is 8.42 Å². The van der Waals surface area contributed by atoms with Gasteiger partial charge >= 0.3 is 0 Å². The number of rotatable bonds is 7. The van der Waals surface area contributed by atoms with E-state index in [-0.39, 0.29) is 29.7 Å². The number of benzene rings is 1. The molecule has 0 bridgehead atoms. The van der Waals surface area contributed by atoms with E-state index in [0.29, 0.717) is 43.6 Å². The van der Waals surface area contributed by atoms with E-state index in [1.54, 1.807) is 12.1 Å². The molecule has 0 atom stereocenters. The van der Waals surface area contributed by atoms with E-state index < -0.39 is 10.0 Å². The molecule has 11 heteroatoms. The summed E-state index contributed by atoms with van der Waals surface area (Å²) >= 11 is 11.6. The second-order valence-electron chi connectivity index (χ2n) is 5.79. The highest BCUT2D eigenvalue weighted by Gasteiger charge is 2.28. The number of nitrogens with two attached hydrogens (primary N) is 1. The van der Waals surface area contributed by atoms with Crippen molar-refractivity contribution in [1.29, 1.82) is 0 Å². The van der Waals surface area contributed by atoms with Crippen LogP contribution >= 0.6 is 48.0 Å². The normalized spacial score (nSPS) is 15.8. The third-order valence-corrected chi connectivity index (χ3v) is 6.38. The van der Waals surface area contributed by atoms with Crippen molar-refractivity contribution >= 4 is 69.4 Å². The van der Waals surface area contributed by atoms with Crippen LogP contribution in [0.5, 0.6) is 0 Å². The van der Waals surface area contributed by atoms with Crippen molar-refractivity contribution in [3.8, 4) is 0 Å². The molecular weight excluding hydrogens is 442 g/mol. The largest absolute Gasteiger partial charge is 0.397 e. The Balaban J connectivity index is 0.00000312. The number of sulfonamides is 1. The molecule has 0 aliphatic carbocycles. The number of alkyl halides is 2. The molecule has 0 unspecified atom stereocenters. The molecule has 152 valence electrons. The summed E-state index contributed by atoms with van der Waals surface area (Å²) in [6.07, 6.45) is 0. The van der Waals surface area contributed by atoms with Crippen LogP contribution in [0.2, 0.25) is 0 Å². The zero-order valence-electron chi connectivity index (χ0n) is 14.6. The lowest BCUT2D eigenvalue weighted by Gasteiger charge is -2.32. The number of halogens is 4. The SMILES string of the molecule is CN1CCN(S(=O)(=O)c2ccc(N(CCCl)CCCl)c(N)c2)CC1.Cl.Cl. The van der Waals surface area contributed by atoms with Crippen LogP contribution in [-0.4, -0.2) is 75.7 Å². The van der Waals surface area contributed by atoms with Gasteiger partial charge in [0, 0.05) is 51.0 Å². The van der Waals surface area contributed by atoms with Gasteiger partial charge in [-0.3, -0.25) is 0 Å². The molecule has 1 aromatic carbocycles. The minimum Gasteiger partial charge on any atom is -0.397 e. The molecule has 0 amide bonds. The van der Waals surface area contributed by atoms with Gasteiger partial charge in [-0.2, -0.15) is 4.31 Å². The molecule has 2 N–H and O–H groups in total. The first-order valence-corrected chi connectivity index (χ1v) is 10.4. The molecule has 1 fully saturated rings. The number of nitrogens with zero attached hydrogens (tertiary/aromatic N) is 3. The Kier molecular flexibility index (Phi) is 11.6. The number of piperazine rings is 1. The van der Waals surface area contributed by atoms with Gasteiger partial charge < -0.3 is 15.5 Å². The molecule has 1 aliphatic heterocycles. The highest BCUT2D eigenvalue weighted by atomic mass is 35.5. The van der Waals surface area contributed by atoms with E-state index in [4.69, 9.17) is 28.9 Å². The smallest absolute Gasteiger partial charge is 0.243 e. The third kappa shape index (κ3) is 6.19. The molecule has 1 aliphatic rings. The maximum atomic E-state index is 12.8. The Morgan fingerprint density at radius 1 is 1.08 bits per heavy atom. The first-order chi connectivity index (χ1) is 11.4. The Morgan fingerprint density at radius 3 is 2.08 bits per heavy atom. The number of nitrogen functional groups attached to an aromatic ring is 1. The lowest BCUT2D eigenvalue weighted by molar-refractivity contribution is 0.222. The second-order valence-corrected chi connectivity index (χ2v) is 8.49. The van der Waals surface area contributed by atoms with Crippen molar-refractivity contribution in [2.24, 2.45) is 0 Å². The number of likely N-dealkylation sites (N-methyl/N-ethyl adjacent to an activating group) is 1. The van der Waals surface area contributed by atoms with Crippen molar-refractivity contribution in [3.63, 3.8) is 0 Å². The van der Waals surface area contributed by atoms with Gasteiger partial charge in [-0.05, 0) is 25.2 Å². The van der Waals surface area contributed by atoms with Crippen LogP contribution in [0.1, 0.15) is 0 Å². The summed E-state index contributed by atoms with van der Waals surface area (Å²) in [6.45, 7) is 3.64. The predicted octanol–water partition coefficient (Wildman–Crippen LogP) is 2.33. The summed E-state index contributed by atoms with van der Waals surface area (Å²) in [7, 11) is -1.53. The zero-order valence-corrected chi connectivity index (χ0v) is 18.6. The average molecular weight is 468 g/mol. The maximum Gasteiger partial charge on any atom is 0.243 e. The van der Waals surface area contributed by atoms with Gasteiger partial charge in [0.15, 0.2) is 0 Å². The van der Waals surface area contributed by atoms with E-state index in [0.717, 1.165) is 18.8 Å². The molecule has 0 radical (unpaired) electrons. The highest BCUT2D eigenvalue weighted by molar-refractivity contribution is 7.89. The Bertz CT molecular complexity index is 649. The van der Waals surface area contributed by atoms with Gasteiger partial charge in [0.25, 0.3) is 0 Å². The zero-order chi connectivity index (χ0) is 17.7. The molecule has 26 heavy (non-hydrogen) atoms. The van der Waals surface area contributed by atoms with Gasteiger partial charge in [-0.1, -0.05) is 0 Å². The summed E-state index contributed by atoms with van der Waals surface area (Å²) < 4.78 is 27.1. The van der Waals surface area contributed by atoms with E-state index in [1.165, 1.54) is 10.4 Å². The molecule has 1 aromatic rings.